The monoisotopic (exact) mass is 420 g/mol. The molecule has 0 atom stereocenters. The Morgan fingerprint density at radius 1 is 1.03 bits per heavy atom. The fourth-order valence-corrected chi connectivity index (χ4v) is 3.69. The Balaban J connectivity index is 1.83. The van der Waals surface area contributed by atoms with E-state index < -0.39 is 0 Å². The van der Waals surface area contributed by atoms with E-state index in [1.54, 1.807) is 21.3 Å². The maximum absolute atomic E-state index is 5.43. The van der Waals surface area contributed by atoms with Gasteiger partial charge < -0.3 is 29.7 Å². The molecule has 0 saturated carbocycles. The summed E-state index contributed by atoms with van der Waals surface area (Å²) in [6.07, 6.45) is 5.04. The van der Waals surface area contributed by atoms with Gasteiger partial charge in [0, 0.05) is 13.1 Å². The first-order chi connectivity index (χ1) is 14.6. The first-order valence-electron chi connectivity index (χ1n) is 11.1. The molecule has 1 saturated heterocycles. The van der Waals surface area contributed by atoms with Crippen LogP contribution in [-0.4, -0.2) is 64.9 Å². The Morgan fingerprint density at radius 2 is 1.70 bits per heavy atom. The molecule has 0 radical (unpaired) electrons. The fourth-order valence-electron chi connectivity index (χ4n) is 3.69. The van der Waals surface area contributed by atoms with E-state index in [0.717, 1.165) is 37.0 Å². The summed E-state index contributed by atoms with van der Waals surface area (Å²) >= 11 is 0. The van der Waals surface area contributed by atoms with E-state index in [-0.39, 0.29) is 0 Å². The normalized spacial score (nSPS) is 15.7. The lowest BCUT2D eigenvalue weighted by atomic mass is 9.99. The lowest BCUT2D eigenvalue weighted by molar-refractivity contribution is 0.189. The standard InChI is InChI=1S/C23H40N4O3/c1-6-24-23(25-11-7-8-12-27-13-9-18(2)10-14-27)26-17-19-15-20(28-3)22(30-5)21(16-19)29-4/h15-16,18H,6-14,17H2,1-5H3,(H2,24,25,26). The van der Waals surface area contributed by atoms with Gasteiger partial charge in [-0.1, -0.05) is 6.92 Å². The molecule has 7 nitrogen and oxygen atoms in total. The Bertz CT molecular complexity index is 633. The number of hydrogen-bond acceptors (Lipinski definition) is 5. The molecule has 2 N–H and O–H groups in total. The van der Waals surface area contributed by atoms with Gasteiger partial charge in [-0.3, -0.25) is 0 Å². The Labute approximate surface area is 182 Å². The molecule has 1 aromatic carbocycles. The summed E-state index contributed by atoms with van der Waals surface area (Å²) in [4.78, 5) is 7.32. The van der Waals surface area contributed by atoms with Gasteiger partial charge in [-0.2, -0.15) is 0 Å². The Morgan fingerprint density at radius 3 is 2.27 bits per heavy atom. The number of hydrogen-bond donors (Lipinski definition) is 2. The average Bonchev–Trinajstić information content (AvgIpc) is 2.77. The third-order valence-corrected chi connectivity index (χ3v) is 5.56. The summed E-state index contributed by atoms with van der Waals surface area (Å²) in [5, 5.41) is 6.77. The minimum absolute atomic E-state index is 0.526. The zero-order valence-electron chi connectivity index (χ0n) is 19.4. The van der Waals surface area contributed by atoms with E-state index >= 15 is 0 Å². The minimum Gasteiger partial charge on any atom is -0.493 e. The van der Waals surface area contributed by atoms with Crippen molar-refractivity contribution < 1.29 is 14.2 Å². The van der Waals surface area contributed by atoms with Crippen LogP contribution in [0.15, 0.2) is 17.1 Å². The van der Waals surface area contributed by atoms with E-state index in [1.165, 1.54) is 38.9 Å². The zero-order chi connectivity index (χ0) is 21.8. The van der Waals surface area contributed by atoms with Crippen LogP contribution in [0.4, 0.5) is 0 Å². The molecule has 1 aliphatic rings. The fraction of sp³-hybridized carbons (Fsp3) is 0.696. The van der Waals surface area contributed by atoms with E-state index in [2.05, 4.69) is 29.4 Å². The van der Waals surface area contributed by atoms with Gasteiger partial charge in [0.2, 0.25) is 5.75 Å². The van der Waals surface area contributed by atoms with Crippen molar-refractivity contribution in [3.8, 4) is 17.2 Å². The van der Waals surface area contributed by atoms with Crippen molar-refractivity contribution in [2.75, 3.05) is 54.1 Å². The van der Waals surface area contributed by atoms with Crippen LogP contribution in [-0.2, 0) is 6.54 Å². The second kappa shape index (κ2) is 13.2. The summed E-state index contributed by atoms with van der Waals surface area (Å²) in [5.41, 5.74) is 1.00. The third kappa shape index (κ3) is 7.59. The second-order valence-corrected chi connectivity index (χ2v) is 7.89. The largest absolute Gasteiger partial charge is 0.493 e. The first-order valence-corrected chi connectivity index (χ1v) is 11.1. The molecular weight excluding hydrogens is 380 g/mol. The molecular formula is C23H40N4O3. The highest BCUT2D eigenvalue weighted by molar-refractivity contribution is 5.79. The van der Waals surface area contributed by atoms with Crippen molar-refractivity contribution in [3.05, 3.63) is 17.7 Å². The number of benzene rings is 1. The van der Waals surface area contributed by atoms with Crippen molar-refractivity contribution in [1.29, 1.82) is 0 Å². The number of piperidine rings is 1. The molecule has 0 aliphatic carbocycles. The quantitative estimate of drug-likeness (QED) is 0.325. The van der Waals surface area contributed by atoms with Gasteiger partial charge in [0.1, 0.15) is 0 Å². The minimum atomic E-state index is 0.526. The highest BCUT2D eigenvalue weighted by Gasteiger charge is 2.15. The number of rotatable bonds is 11. The van der Waals surface area contributed by atoms with Crippen LogP contribution in [0.3, 0.4) is 0 Å². The maximum Gasteiger partial charge on any atom is 0.203 e. The molecule has 30 heavy (non-hydrogen) atoms. The molecule has 0 spiro atoms. The van der Waals surface area contributed by atoms with Crippen molar-refractivity contribution in [1.82, 2.24) is 15.5 Å². The smallest absolute Gasteiger partial charge is 0.203 e. The summed E-state index contributed by atoms with van der Waals surface area (Å²) in [5.74, 6) is 3.62. The van der Waals surface area contributed by atoms with Crippen LogP contribution in [0.5, 0.6) is 17.2 Å². The van der Waals surface area contributed by atoms with Crippen molar-refractivity contribution in [3.63, 3.8) is 0 Å². The lowest BCUT2D eigenvalue weighted by Crippen LogP contribution is -2.38. The molecule has 0 bridgehead atoms. The molecule has 1 aliphatic heterocycles. The Hall–Kier alpha value is -2.15. The van der Waals surface area contributed by atoms with Gasteiger partial charge in [0.25, 0.3) is 0 Å². The number of methoxy groups -OCH3 is 3. The zero-order valence-corrected chi connectivity index (χ0v) is 19.4. The van der Waals surface area contributed by atoms with E-state index in [1.807, 2.05) is 12.1 Å². The molecule has 1 heterocycles. The van der Waals surface area contributed by atoms with E-state index in [4.69, 9.17) is 19.2 Å². The lowest BCUT2D eigenvalue weighted by Gasteiger charge is -2.30. The van der Waals surface area contributed by atoms with Crippen molar-refractivity contribution in [2.45, 2.75) is 46.1 Å². The highest BCUT2D eigenvalue weighted by Crippen LogP contribution is 2.38. The number of likely N-dealkylation sites (tertiary alicyclic amines) is 1. The molecule has 0 unspecified atom stereocenters. The van der Waals surface area contributed by atoms with Gasteiger partial charge in [-0.05, 0) is 75.9 Å². The average molecular weight is 421 g/mol. The predicted molar refractivity (Wildman–Crippen MR) is 123 cm³/mol. The molecule has 170 valence electrons. The molecule has 0 amide bonds. The maximum atomic E-state index is 5.43. The van der Waals surface area contributed by atoms with Crippen LogP contribution < -0.4 is 24.8 Å². The number of nitrogens with zero attached hydrogens (tertiary/aromatic N) is 2. The van der Waals surface area contributed by atoms with Crippen LogP contribution in [0.1, 0.15) is 45.1 Å². The van der Waals surface area contributed by atoms with E-state index in [0.29, 0.717) is 23.8 Å². The number of unbranched alkanes of at least 4 members (excludes halogenated alkanes) is 1. The van der Waals surface area contributed by atoms with Gasteiger partial charge in [0.15, 0.2) is 17.5 Å². The number of nitrogens with one attached hydrogen (secondary N) is 2. The van der Waals surface area contributed by atoms with Gasteiger partial charge in [-0.15, -0.1) is 0 Å². The third-order valence-electron chi connectivity index (χ3n) is 5.56. The van der Waals surface area contributed by atoms with Gasteiger partial charge in [0.05, 0.1) is 27.9 Å². The summed E-state index contributed by atoms with van der Waals surface area (Å²) < 4.78 is 16.3. The van der Waals surface area contributed by atoms with E-state index in [9.17, 15) is 0 Å². The first kappa shape index (κ1) is 24.1. The van der Waals surface area contributed by atoms with Crippen molar-refractivity contribution >= 4 is 5.96 Å². The van der Waals surface area contributed by atoms with Gasteiger partial charge >= 0.3 is 0 Å². The van der Waals surface area contributed by atoms with Crippen LogP contribution in [0.25, 0.3) is 0 Å². The molecule has 1 fully saturated rings. The van der Waals surface area contributed by atoms with Crippen LogP contribution in [0.2, 0.25) is 0 Å². The molecule has 1 aromatic rings. The topological polar surface area (TPSA) is 67.4 Å². The number of ether oxygens (including phenoxy) is 3. The SMILES string of the molecule is CCNC(=NCc1cc(OC)c(OC)c(OC)c1)NCCCCN1CCC(C)CC1. The summed E-state index contributed by atoms with van der Waals surface area (Å²) in [7, 11) is 4.86. The second-order valence-electron chi connectivity index (χ2n) is 7.89. The number of aliphatic imine (C=N–C) groups is 1. The number of guanidine groups is 1. The highest BCUT2D eigenvalue weighted by atomic mass is 16.5. The van der Waals surface area contributed by atoms with Crippen molar-refractivity contribution in [2.24, 2.45) is 10.9 Å². The molecule has 2 rings (SSSR count). The van der Waals surface area contributed by atoms with Crippen LogP contribution >= 0.6 is 0 Å². The predicted octanol–water partition coefficient (Wildman–Crippen LogP) is 3.28. The molecule has 7 heteroatoms. The van der Waals surface area contributed by atoms with Gasteiger partial charge in [-0.25, -0.2) is 4.99 Å². The molecule has 0 aromatic heterocycles. The summed E-state index contributed by atoms with van der Waals surface area (Å²) in [6.45, 7) is 10.4. The Kier molecular flexibility index (Phi) is 10.6. The van der Waals surface area contributed by atoms with Crippen LogP contribution in [0, 0.1) is 5.92 Å². The summed E-state index contributed by atoms with van der Waals surface area (Å²) in [6, 6.07) is 3.88.